The van der Waals surface area contributed by atoms with E-state index < -0.39 is 0 Å². The van der Waals surface area contributed by atoms with E-state index in [4.69, 9.17) is 10.00 Å². The second-order valence-electron chi connectivity index (χ2n) is 2.44. The van der Waals surface area contributed by atoms with Crippen molar-refractivity contribution < 1.29 is 4.74 Å². The summed E-state index contributed by atoms with van der Waals surface area (Å²) >= 11 is 0. The van der Waals surface area contributed by atoms with Crippen LogP contribution in [0.4, 0.5) is 0 Å². The minimum absolute atomic E-state index is 0.113. The van der Waals surface area contributed by atoms with Crippen LogP contribution in [0.5, 0.6) is 0 Å². The Morgan fingerprint density at radius 3 is 2.67 bits per heavy atom. The fourth-order valence-corrected chi connectivity index (χ4v) is 0.707. The number of rotatable bonds is 3. The van der Waals surface area contributed by atoms with Crippen LogP contribution in [0.15, 0.2) is 0 Å². The van der Waals surface area contributed by atoms with Crippen molar-refractivity contribution >= 4 is 0 Å². The minimum Gasteiger partial charge on any atom is -0.380 e. The smallest absolute Gasteiger partial charge is 0.0808 e. The molecule has 0 aromatic heterocycles. The summed E-state index contributed by atoms with van der Waals surface area (Å²) in [6, 6.07) is 2.23. The highest BCUT2D eigenvalue weighted by atomic mass is 16.5. The Morgan fingerprint density at radius 1 is 1.67 bits per heavy atom. The molecule has 0 N–H and O–H groups in total. The van der Waals surface area contributed by atoms with Gasteiger partial charge in [-0.25, -0.2) is 0 Å². The fraction of sp³-hybridized carbons (Fsp3) is 0.714. The Kier molecular flexibility index (Phi) is 1.73. The molecular weight excluding hydrogens is 114 g/mol. The molecule has 0 unspecified atom stereocenters. The van der Waals surface area contributed by atoms with Crippen molar-refractivity contribution in [2.75, 3.05) is 13.2 Å². The zero-order valence-corrected chi connectivity index (χ0v) is 5.39. The molecule has 2 heteroatoms. The van der Waals surface area contributed by atoms with Gasteiger partial charge in [0.15, 0.2) is 0 Å². The first-order chi connectivity index (χ1) is 4.33. The molecule has 0 aliphatic heterocycles. The summed E-state index contributed by atoms with van der Waals surface area (Å²) in [7, 11) is 0. The van der Waals surface area contributed by atoms with E-state index in [1.54, 1.807) is 0 Å². The predicted molar refractivity (Wildman–Crippen MR) is 33.5 cm³/mol. The molecule has 0 heterocycles. The van der Waals surface area contributed by atoms with E-state index in [1.165, 1.54) is 0 Å². The van der Waals surface area contributed by atoms with E-state index in [-0.39, 0.29) is 5.41 Å². The van der Waals surface area contributed by atoms with Crippen LogP contribution in [-0.4, -0.2) is 13.2 Å². The van der Waals surface area contributed by atoms with Gasteiger partial charge in [-0.1, -0.05) is 0 Å². The summed E-state index contributed by atoms with van der Waals surface area (Å²) in [6.45, 7) is 4.57. The number of hydrogen-bond acceptors (Lipinski definition) is 2. The van der Waals surface area contributed by atoms with Gasteiger partial charge in [0.2, 0.25) is 0 Å². The van der Waals surface area contributed by atoms with E-state index in [2.05, 4.69) is 13.0 Å². The zero-order valence-electron chi connectivity index (χ0n) is 5.39. The Labute approximate surface area is 55.4 Å². The molecular formula is C7H10NO. The fourth-order valence-electron chi connectivity index (χ4n) is 0.707. The monoisotopic (exact) mass is 124 g/mol. The second-order valence-corrected chi connectivity index (χ2v) is 2.44. The summed E-state index contributed by atoms with van der Waals surface area (Å²) in [5, 5.41) is 8.53. The van der Waals surface area contributed by atoms with E-state index in [1.807, 2.05) is 0 Å². The van der Waals surface area contributed by atoms with Gasteiger partial charge in [0.25, 0.3) is 0 Å². The molecule has 2 nitrogen and oxygen atoms in total. The molecule has 1 aliphatic rings. The van der Waals surface area contributed by atoms with Gasteiger partial charge in [0, 0.05) is 6.61 Å². The molecule has 1 aliphatic carbocycles. The lowest BCUT2D eigenvalue weighted by Crippen LogP contribution is -2.07. The number of nitrogens with zero attached hydrogens (tertiary/aromatic N) is 1. The standard InChI is InChI=1S/C7H10NO/c1-2-9-6-7(5-8)3-4-7/h1-4,6H2. The van der Waals surface area contributed by atoms with Crippen molar-refractivity contribution in [3.05, 3.63) is 6.92 Å². The van der Waals surface area contributed by atoms with Crippen molar-refractivity contribution in [2.24, 2.45) is 5.41 Å². The maximum atomic E-state index is 8.53. The summed E-state index contributed by atoms with van der Waals surface area (Å²) in [6.07, 6.45) is 2.01. The Bertz CT molecular complexity index is 132. The molecule has 9 heavy (non-hydrogen) atoms. The average molecular weight is 124 g/mol. The molecule has 0 saturated heterocycles. The molecule has 0 aromatic carbocycles. The van der Waals surface area contributed by atoms with Crippen molar-refractivity contribution in [1.82, 2.24) is 0 Å². The van der Waals surface area contributed by atoms with Gasteiger partial charge in [0.1, 0.15) is 0 Å². The van der Waals surface area contributed by atoms with Crippen LogP contribution < -0.4 is 0 Å². The van der Waals surface area contributed by atoms with Crippen LogP contribution >= 0.6 is 0 Å². The molecule has 1 radical (unpaired) electrons. The van der Waals surface area contributed by atoms with E-state index in [0.717, 1.165) is 12.8 Å². The van der Waals surface area contributed by atoms with Crippen LogP contribution in [0, 0.1) is 23.7 Å². The summed E-state index contributed by atoms with van der Waals surface area (Å²) in [4.78, 5) is 0. The third kappa shape index (κ3) is 1.43. The van der Waals surface area contributed by atoms with Crippen LogP contribution in [0.1, 0.15) is 12.8 Å². The van der Waals surface area contributed by atoms with Crippen molar-refractivity contribution in [2.45, 2.75) is 12.8 Å². The Balaban J connectivity index is 2.20. The number of hydrogen-bond donors (Lipinski definition) is 0. The van der Waals surface area contributed by atoms with Gasteiger partial charge < -0.3 is 4.74 Å². The summed E-state index contributed by atoms with van der Waals surface area (Å²) in [5.74, 6) is 0. The van der Waals surface area contributed by atoms with Crippen LogP contribution in [0.25, 0.3) is 0 Å². The number of ether oxygens (including phenoxy) is 1. The second kappa shape index (κ2) is 2.36. The molecule has 0 spiro atoms. The highest BCUT2D eigenvalue weighted by Crippen LogP contribution is 2.44. The minimum atomic E-state index is -0.113. The van der Waals surface area contributed by atoms with Crippen molar-refractivity contribution in [3.63, 3.8) is 0 Å². The first-order valence-corrected chi connectivity index (χ1v) is 3.11. The van der Waals surface area contributed by atoms with Gasteiger partial charge in [0.05, 0.1) is 18.1 Å². The molecule has 49 valence electrons. The van der Waals surface area contributed by atoms with Crippen molar-refractivity contribution in [3.8, 4) is 6.07 Å². The molecule has 1 saturated carbocycles. The molecule has 0 amide bonds. The van der Waals surface area contributed by atoms with Gasteiger partial charge in [-0.05, 0) is 19.8 Å². The first kappa shape index (κ1) is 6.57. The van der Waals surface area contributed by atoms with Gasteiger partial charge in [-0.15, -0.1) is 0 Å². The zero-order chi connectivity index (χ0) is 6.74. The van der Waals surface area contributed by atoms with Gasteiger partial charge in [-0.3, -0.25) is 0 Å². The predicted octanol–water partition coefficient (Wildman–Crippen LogP) is 1.14. The largest absolute Gasteiger partial charge is 0.380 e. The molecule has 0 atom stereocenters. The molecule has 1 fully saturated rings. The van der Waals surface area contributed by atoms with Crippen LogP contribution in [0.3, 0.4) is 0 Å². The summed E-state index contributed by atoms with van der Waals surface area (Å²) in [5.41, 5.74) is -0.113. The third-order valence-corrected chi connectivity index (χ3v) is 1.61. The topological polar surface area (TPSA) is 33.0 Å². The summed E-state index contributed by atoms with van der Waals surface area (Å²) < 4.78 is 5.02. The van der Waals surface area contributed by atoms with Gasteiger partial charge >= 0.3 is 0 Å². The average Bonchev–Trinajstić information content (AvgIpc) is 2.65. The van der Waals surface area contributed by atoms with Crippen LogP contribution in [-0.2, 0) is 4.74 Å². The van der Waals surface area contributed by atoms with E-state index in [0.29, 0.717) is 13.2 Å². The maximum Gasteiger partial charge on any atom is 0.0808 e. The molecule has 1 rings (SSSR count). The van der Waals surface area contributed by atoms with Crippen LogP contribution in [0.2, 0.25) is 0 Å². The highest BCUT2D eigenvalue weighted by molar-refractivity contribution is 5.09. The van der Waals surface area contributed by atoms with Gasteiger partial charge in [-0.2, -0.15) is 5.26 Å². The SMILES string of the molecule is [CH2]COCC1(C#N)CC1. The lowest BCUT2D eigenvalue weighted by atomic mass is 10.1. The highest BCUT2D eigenvalue weighted by Gasteiger charge is 2.43. The Hall–Kier alpha value is -0.550. The van der Waals surface area contributed by atoms with E-state index in [9.17, 15) is 0 Å². The molecule has 0 aromatic rings. The van der Waals surface area contributed by atoms with Crippen molar-refractivity contribution in [1.29, 1.82) is 5.26 Å². The number of nitriles is 1. The molecule has 0 bridgehead atoms. The first-order valence-electron chi connectivity index (χ1n) is 3.11. The third-order valence-electron chi connectivity index (χ3n) is 1.61. The quantitative estimate of drug-likeness (QED) is 0.565. The lowest BCUT2D eigenvalue weighted by molar-refractivity contribution is 0.131. The van der Waals surface area contributed by atoms with E-state index >= 15 is 0 Å². The normalized spacial score (nSPS) is 20.9. The Morgan fingerprint density at radius 2 is 2.33 bits per heavy atom. The maximum absolute atomic E-state index is 8.53. The lowest BCUT2D eigenvalue weighted by Gasteiger charge is -2.02.